The van der Waals surface area contributed by atoms with Crippen LogP contribution in [0, 0.1) is 0 Å². The van der Waals surface area contributed by atoms with E-state index in [4.69, 9.17) is 10.5 Å². The summed E-state index contributed by atoms with van der Waals surface area (Å²) in [5, 5.41) is 0. The van der Waals surface area contributed by atoms with Crippen molar-refractivity contribution < 1.29 is 4.74 Å². The number of hydrogen-bond donors (Lipinski definition) is 1. The van der Waals surface area contributed by atoms with Gasteiger partial charge in [-0.1, -0.05) is 18.2 Å². The lowest BCUT2D eigenvalue weighted by atomic mass is 10.0. The Balaban J connectivity index is 2.89. The summed E-state index contributed by atoms with van der Waals surface area (Å²) >= 11 is 1.89. The van der Waals surface area contributed by atoms with Crippen molar-refractivity contribution >= 4 is 11.8 Å². The topological polar surface area (TPSA) is 38.5 Å². The molecule has 0 saturated heterocycles. The summed E-state index contributed by atoms with van der Waals surface area (Å²) in [5.41, 5.74) is 7.22. The van der Waals surface area contributed by atoms with Gasteiger partial charge in [0.25, 0.3) is 0 Å². The van der Waals surface area contributed by atoms with Gasteiger partial charge in [0, 0.05) is 18.2 Å². The number of hydrogen-bond acceptors (Lipinski definition) is 4. The van der Waals surface area contributed by atoms with E-state index in [2.05, 4.69) is 37.3 Å². The second-order valence-corrected chi connectivity index (χ2v) is 6.00. The van der Waals surface area contributed by atoms with Crippen molar-refractivity contribution in [2.75, 3.05) is 32.2 Å². The number of nitrogens with zero attached hydrogens (tertiary/aromatic N) is 1. The van der Waals surface area contributed by atoms with Crippen LogP contribution in [0.3, 0.4) is 0 Å². The van der Waals surface area contributed by atoms with Gasteiger partial charge in [-0.2, -0.15) is 11.8 Å². The highest BCUT2D eigenvalue weighted by atomic mass is 32.2. The molecule has 0 aliphatic heterocycles. The van der Waals surface area contributed by atoms with E-state index in [1.54, 1.807) is 0 Å². The van der Waals surface area contributed by atoms with Crippen molar-refractivity contribution in [1.82, 2.24) is 4.90 Å². The van der Waals surface area contributed by atoms with Gasteiger partial charge in [0.05, 0.1) is 12.6 Å². The molecule has 1 rings (SSSR count). The fraction of sp³-hybridized carbons (Fsp3) is 0.625. The molecular weight excluding hydrogens is 268 g/mol. The Hall–Kier alpha value is -0.710. The molecule has 1 aromatic rings. The van der Waals surface area contributed by atoms with Gasteiger partial charge in [0.1, 0.15) is 5.75 Å². The first-order valence-electron chi connectivity index (χ1n) is 7.28. The number of nitrogens with two attached hydrogens (primary N) is 1. The van der Waals surface area contributed by atoms with Crippen LogP contribution in [0.15, 0.2) is 24.3 Å². The fourth-order valence-corrected chi connectivity index (χ4v) is 2.93. The maximum absolute atomic E-state index is 6.03. The zero-order chi connectivity index (χ0) is 15.0. The molecule has 2 unspecified atom stereocenters. The van der Waals surface area contributed by atoms with Gasteiger partial charge in [0.2, 0.25) is 0 Å². The van der Waals surface area contributed by atoms with E-state index >= 15 is 0 Å². The van der Waals surface area contributed by atoms with E-state index in [1.165, 1.54) is 17.7 Å². The molecule has 0 radical (unpaired) electrons. The average molecular weight is 296 g/mol. The minimum Gasteiger partial charge on any atom is -0.494 e. The van der Waals surface area contributed by atoms with Gasteiger partial charge < -0.3 is 10.5 Å². The number of para-hydroxylation sites is 1. The van der Waals surface area contributed by atoms with Gasteiger partial charge in [-0.3, -0.25) is 4.90 Å². The third kappa shape index (κ3) is 4.69. The molecule has 2 atom stereocenters. The molecule has 0 saturated carbocycles. The van der Waals surface area contributed by atoms with Crippen molar-refractivity contribution in [1.29, 1.82) is 0 Å². The molecule has 0 bridgehead atoms. The Bertz CT molecular complexity index is 386. The first-order valence-corrected chi connectivity index (χ1v) is 8.67. The second-order valence-electron chi connectivity index (χ2n) is 5.02. The fourth-order valence-electron chi connectivity index (χ4n) is 2.35. The van der Waals surface area contributed by atoms with Gasteiger partial charge in [-0.05, 0) is 45.4 Å². The lowest BCUT2D eigenvalue weighted by molar-refractivity contribution is 0.181. The Kier molecular flexibility index (Phi) is 8.04. The zero-order valence-electron chi connectivity index (χ0n) is 13.1. The van der Waals surface area contributed by atoms with Crippen LogP contribution < -0.4 is 10.5 Å². The summed E-state index contributed by atoms with van der Waals surface area (Å²) < 4.78 is 5.74. The molecule has 3 nitrogen and oxygen atoms in total. The Morgan fingerprint density at radius 1 is 1.35 bits per heavy atom. The molecule has 0 aliphatic rings. The maximum atomic E-state index is 6.03. The molecule has 0 heterocycles. The molecule has 1 aromatic carbocycles. The van der Waals surface area contributed by atoms with Gasteiger partial charge >= 0.3 is 0 Å². The van der Waals surface area contributed by atoms with Crippen molar-refractivity contribution in [3.05, 3.63) is 29.8 Å². The smallest absolute Gasteiger partial charge is 0.124 e. The van der Waals surface area contributed by atoms with E-state index in [9.17, 15) is 0 Å². The van der Waals surface area contributed by atoms with E-state index < -0.39 is 0 Å². The van der Waals surface area contributed by atoms with Crippen molar-refractivity contribution in [3.63, 3.8) is 0 Å². The molecule has 0 aromatic heterocycles. The Morgan fingerprint density at radius 2 is 2.05 bits per heavy atom. The summed E-state index contributed by atoms with van der Waals surface area (Å²) in [6.07, 6.45) is 3.32. The van der Waals surface area contributed by atoms with Crippen LogP contribution in [0.4, 0.5) is 0 Å². The lowest BCUT2D eigenvalue weighted by Gasteiger charge is -2.33. The van der Waals surface area contributed by atoms with Crippen molar-refractivity contribution in [2.24, 2.45) is 5.73 Å². The molecule has 20 heavy (non-hydrogen) atoms. The van der Waals surface area contributed by atoms with E-state index in [0.29, 0.717) is 19.2 Å². The molecule has 0 fully saturated rings. The third-order valence-corrected chi connectivity index (χ3v) is 4.37. The van der Waals surface area contributed by atoms with Gasteiger partial charge in [-0.25, -0.2) is 0 Å². The minimum absolute atomic E-state index is 0.203. The number of likely N-dealkylation sites (N-methyl/N-ethyl adjacent to an activating group) is 1. The number of ether oxygens (including phenoxy) is 1. The van der Waals surface area contributed by atoms with Crippen LogP contribution in [0.5, 0.6) is 5.75 Å². The highest BCUT2D eigenvalue weighted by molar-refractivity contribution is 7.98. The summed E-state index contributed by atoms with van der Waals surface area (Å²) in [4.78, 5) is 2.37. The molecule has 0 aliphatic carbocycles. The van der Waals surface area contributed by atoms with E-state index in [1.807, 2.05) is 30.8 Å². The minimum atomic E-state index is 0.203. The summed E-state index contributed by atoms with van der Waals surface area (Å²) in [6.45, 7) is 5.56. The number of rotatable bonds is 9. The average Bonchev–Trinajstić information content (AvgIpc) is 2.47. The normalized spacial score (nSPS) is 14.3. The van der Waals surface area contributed by atoms with Crippen LogP contribution in [0.1, 0.15) is 31.9 Å². The predicted octanol–water partition coefficient (Wildman–Crippen LogP) is 3.16. The van der Waals surface area contributed by atoms with Crippen molar-refractivity contribution in [3.8, 4) is 5.75 Å². The summed E-state index contributed by atoms with van der Waals surface area (Å²) in [6, 6.07) is 8.93. The SMILES string of the molecule is CCOc1ccccc1C(CN)N(C)C(C)CCSC. The van der Waals surface area contributed by atoms with E-state index in [0.717, 1.165) is 5.75 Å². The monoisotopic (exact) mass is 296 g/mol. The highest BCUT2D eigenvalue weighted by Crippen LogP contribution is 2.29. The third-order valence-electron chi connectivity index (χ3n) is 3.73. The number of benzene rings is 1. The van der Waals surface area contributed by atoms with Crippen LogP contribution in [-0.2, 0) is 0 Å². The standard InChI is InChI=1S/C16H28N2OS/c1-5-19-16-9-7-6-8-14(16)15(12-17)18(3)13(2)10-11-20-4/h6-9,13,15H,5,10-12,17H2,1-4H3. The first kappa shape index (κ1) is 17.3. The van der Waals surface area contributed by atoms with E-state index in [-0.39, 0.29) is 6.04 Å². The zero-order valence-corrected chi connectivity index (χ0v) is 14.0. The first-order chi connectivity index (χ1) is 9.65. The quantitative estimate of drug-likeness (QED) is 0.760. The summed E-state index contributed by atoms with van der Waals surface area (Å²) in [7, 11) is 2.16. The highest BCUT2D eigenvalue weighted by Gasteiger charge is 2.22. The molecular formula is C16H28N2OS. The molecule has 2 N–H and O–H groups in total. The van der Waals surface area contributed by atoms with Crippen LogP contribution in [0.2, 0.25) is 0 Å². The maximum Gasteiger partial charge on any atom is 0.124 e. The predicted molar refractivity (Wildman–Crippen MR) is 89.6 cm³/mol. The Labute approximate surface area is 127 Å². The van der Waals surface area contributed by atoms with Crippen LogP contribution in [-0.4, -0.2) is 43.1 Å². The van der Waals surface area contributed by atoms with Gasteiger partial charge in [-0.15, -0.1) is 0 Å². The van der Waals surface area contributed by atoms with Crippen molar-refractivity contribution in [2.45, 2.75) is 32.4 Å². The van der Waals surface area contributed by atoms with Crippen LogP contribution in [0.25, 0.3) is 0 Å². The second kappa shape index (κ2) is 9.27. The van der Waals surface area contributed by atoms with Crippen LogP contribution >= 0.6 is 11.8 Å². The molecule has 0 amide bonds. The molecule has 114 valence electrons. The Morgan fingerprint density at radius 3 is 2.65 bits per heavy atom. The van der Waals surface area contributed by atoms with Gasteiger partial charge in [0.15, 0.2) is 0 Å². The lowest BCUT2D eigenvalue weighted by Crippen LogP contribution is -2.37. The molecule has 4 heteroatoms. The largest absolute Gasteiger partial charge is 0.494 e. The summed E-state index contributed by atoms with van der Waals surface area (Å²) in [5.74, 6) is 2.13. The molecule has 0 spiro atoms. The number of thioether (sulfide) groups is 1.